The van der Waals surface area contributed by atoms with Crippen LogP contribution in [0, 0.1) is 5.92 Å². The van der Waals surface area contributed by atoms with Crippen LogP contribution in [0.1, 0.15) is 22.8 Å². The molecule has 0 unspecified atom stereocenters. The number of halogens is 1. The molecule has 0 aliphatic heterocycles. The van der Waals surface area contributed by atoms with Gasteiger partial charge >= 0.3 is 5.97 Å². The van der Waals surface area contributed by atoms with Gasteiger partial charge in [-0.15, -0.1) is 0 Å². The second-order valence-electron chi connectivity index (χ2n) is 6.41. The van der Waals surface area contributed by atoms with E-state index in [4.69, 9.17) is 11.6 Å². The van der Waals surface area contributed by atoms with E-state index in [9.17, 15) is 19.5 Å². The number of benzene rings is 2. The Balaban J connectivity index is 1.79. The first-order chi connectivity index (χ1) is 13.9. The lowest BCUT2D eigenvalue weighted by molar-refractivity contribution is -0.141. The molecule has 0 saturated heterocycles. The van der Waals surface area contributed by atoms with Crippen molar-refractivity contribution in [2.24, 2.45) is 5.92 Å². The van der Waals surface area contributed by atoms with Crippen molar-refractivity contribution in [1.29, 1.82) is 0 Å². The Labute approximate surface area is 183 Å². The maximum absolute atomic E-state index is 12.4. The lowest BCUT2D eigenvalue weighted by Crippen LogP contribution is -2.45. The van der Waals surface area contributed by atoms with E-state index in [0.717, 1.165) is 17.3 Å². The van der Waals surface area contributed by atoms with Crippen LogP contribution in [0.25, 0.3) is 0 Å². The molecule has 2 atom stereocenters. The van der Waals surface area contributed by atoms with E-state index in [0.29, 0.717) is 16.3 Å². The van der Waals surface area contributed by atoms with Crippen LogP contribution < -0.4 is 5.32 Å². The number of aliphatic carboxylic acids is 1. The van der Waals surface area contributed by atoms with E-state index in [1.807, 2.05) is 18.2 Å². The van der Waals surface area contributed by atoms with E-state index >= 15 is 0 Å². The summed E-state index contributed by atoms with van der Waals surface area (Å²) >= 11 is 8.32. The van der Waals surface area contributed by atoms with Gasteiger partial charge in [-0.2, -0.15) is 11.8 Å². The van der Waals surface area contributed by atoms with Gasteiger partial charge in [0.15, 0.2) is 0 Å². The maximum Gasteiger partial charge on any atom is 0.327 e. The maximum atomic E-state index is 12.4. The molecule has 2 N–H and O–H groups in total. The number of carboxylic acids is 1. The standard InChI is InChI=1S/C21H22ClNO4S2/c1-14(11-29-21(27)16-5-3-2-4-6-16)19(24)23-18(20(25)26)13-28-12-15-7-9-17(22)10-8-15/h2-10,14,18H,11-13H2,1H3,(H,23,24)(H,25,26)/t14-,18+/m1/s1. The second kappa shape index (κ2) is 11.9. The van der Waals surface area contributed by atoms with E-state index in [-0.39, 0.29) is 22.5 Å². The van der Waals surface area contributed by atoms with Gasteiger partial charge in [-0.25, -0.2) is 4.79 Å². The zero-order valence-corrected chi connectivity index (χ0v) is 18.2. The summed E-state index contributed by atoms with van der Waals surface area (Å²) in [5.74, 6) is -0.805. The smallest absolute Gasteiger partial charge is 0.327 e. The average molecular weight is 452 g/mol. The van der Waals surface area contributed by atoms with Crippen LogP contribution in [0.5, 0.6) is 0 Å². The fourth-order valence-electron chi connectivity index (χ4n) is 2.30. The van der Waals surface area contributed by atoms with Gasteiger partial charge in [0.2, 0.25) is 11.0 Å². The number of carbonyl (C=O) groups is 3. The van der Waals surface area contributed by atoms with Crippen LogP contribution in [0.15, 0.2) is 54.6 Å². The molecule has 2 rings (SSSR count). The molecule has 1 amide bonds. The highest BCUT2D eigenvalue weighted by Crippen LogP contribution is 2.18. The summed E-state index contributed by atoms with van der Waals surface area (Å²) in [7, 11) is 0. The molecular formula is C21H22ClNO4S2. The molecule has 8 heteroatoms. The topological polar surface area (TPSA) is 83.5 Å². The molecule has 0 spiro atoms. The minimum atomic E-state index is -1.08. The van der Waals surface area contributed by atoms with Gasteiger partial charge in [0, 0.05) is 33.8 Å². The lowest BCUT2D eigenvalue weighted by Gasteiger charge is -2.17. The second-order valence-corrected chi connectivity index (χ2v) is 8.87. The first kappa shape index (κ1) is 23.3. The Morgan fingerprint density at radius 1 is 1.03 bits per heavy atom. The zero-order valence-electron chi connectivity index (χ0n) is 15.8. The quantitative estimate of drug-likeness (QED) is 0.558. The molecule has 0 aliphatic rings. The van der Waals surface area contributed by atoms with Crippen LogP contribution in [0.4, 0.5) is 0 Å². The van der Waals surface area contributed by atoms with Crippen LogP contribution >= 0.6 is 35.1 Å². The van der Waals surface area contributed by atoms with Crippen molar-refractivity contribution in [3.05, 3.63) is 70.7 Å². The molecular weight excluding hydrogens is 430 g/mol. The third kappa shape index (κ3) is 8.12. The highest BCUT2D eigenvalue weighted by atomic mass is 35.5. The summed E-state index contributed by atoms with van der Waals surface area (Å²) in [5.41, 5.74) is 1.60. The van der Waals surface area contributed by atoms with Crippen LogP contribution in [-0.4, -0.2) is 39.6 Å². The molecule has 0 saturated carbocycles. The van der Waals surface area contributed by atoms with Gasteiger partial charge in [-0.1, -0.05) is 72.8 Å². The molecule has 2 aromatic rings. The normalized spacial score (nSPS) is 12.8. The molecule has 154 valence electrons. The van der Waals surface area contributed by atoms with Crippen molar-refractivity contribution in [1.82, 2.24) is 5.32 Å². The third-order valence-corrected chi connectivity index (χ3v) is 6.53. The molecule has 0 aromatic heterocycles. The highest BCUT2D eigenvalue weighted by molar-refractivity contribution is 8.14. The zero-order chi connectivity index (χ0) is 21.2. The molecule has 29 heavy (non-hydrogen) atoms. The van der Waals surface area contributed by atoms with E-state index in [1.165, 1.54) is 11.8 Å². The predicted molar refractivity (Wildman–Crippen MR) is 120 cm³/mol. The van der Waals surface area contributed by atoms with Crippen molar-refractivity contribution in [3.63, 3.8) is 0 Å². The molecule has 5 nitrogen and oxygen atoms in total. The summed E-state index contributed by atoms with van der Waals surface area (Å²) in [5, 5.41) is 12.5. The van der Waals surface area contributed by atoms with Crippen molar-refractivity contribution in [2.45, 2.75) is 18.7 Å². The van der Waals surface area contributed by atoms with Gasteiger partial charge in [0.05, 0.1) is 0 Å². The minimum absolute atomic E-state index is 0.112. The Kier molecular flexibility index (Phi) is 9.57. The highest BCUT2D eigenvalue weighted by Gasteiger charge is 2.23. The third-order valence-electron chi connectivity index (χ3n) is 4.00. The van der Waals surface area contributed by atoms with E-state index in [2.05, 4.69) is 5.32 Å². The summed E-state index contributed by atoms with van der Waals surface area (Å²) in [6.07, 6.45) is 0. The van der Waals surface area contributed by atoms with Gasteiger partial charge in [0.25, 0.3) is 0 Å². The lowest BCUT2D eigenvalue weighted by atomic mass is 10.2. The summed E-state index contributed by atoms with van der Waals surface area (Å²) in [4.78, 5) is 36.0. The SMILES string of the molecule is C[C@H](CSC(=O)c1ccccc1)C(=O)N[C@@H](CSCc1ccc(Cl)cc1)C(=O)O. The Bertz CT molecular complexity index is 830. The molecule has 0 fully saturated rings. The fourth-order valence-corrected chi connectivity index (χ4v) is 4.29. The number of hydrogen-bond acceptors (Lipinski definition) is 5. The van der Waals surface area contributed by atoms with Crippen molar-refractivity contribution in [3.8, 4) is 0 Å². The monoisotopic (exact) mass is 451 g/mol. The van der Waals surface area contributed by atoms with Crippen LogP contribution in [0.3, 0.4) is 0 Å². The number of amides is 1. The number of nitrogens with one attached hydrogen (secondary N) is 1. The van der Waals surface area contributed by atoms with Crippen molar-refractivity contribution < 1.29 is 19.5 Å². The van der Waals surface area contributed by atoms with Gasteiger partial charge in [-0.05, 0) is 17.7 Å². The minimum Gasteiger partial charge on any atom is -0.480 e. The van der Waals surface area contributed by atoms with Crippen LogP contribution in [0.2, 0.25) is 5.02 Å². The molecule has 0 radical (unpaired) electrons. The molecule has 2 aromatic carbocycles. The number of rotatable bonds is 10. The Morgan fingerprint density at radius 2 is 1.69 bits per heavy atom. The Hall–Kier alpha value is -1.96. The largest absolute Gasteiger partial charge is 0.480 e. The summed E-state index contributed by atoms with van der Waals surface area (Å²) < 4.78 is 0. The average Bonchev–Trinajstić information content (AvgIpc) is 2.72. The Morgan fingerprint density at radius 3 is 2.31 bits per heavy atom. The molecule has 0 aliphatic carbocycles. The van der Waals surface area contributed by atoms with Crippen LogP contribution in [-0.2, 0) is 15.3 Å². The molecule has 0 heterocycles. The number of carboxylic acid groups (broad SMARTS) is 1. The first-order valence-electron chi connectivity index (χ1n) is 8.94. The van der Waals surface area contributed by atoms with Gasteiger partial charge < -0.3 is 10.4 Å². The van der Waals surface area contributed by atoms with Gasteiger partial charge in [0.1, 0.15) is 6.04 Å². The van der Waals surface area contributed by atoms with Gasteiger partial charge in [-0.3, -0.25) is 9.59 Å². The van der Waals surface area contributed by atoms with Crippen molar-refractivity contribution in [2.75, 3.05) is 11.5 Å². The summed E-state index contributed by atoms with van der Waals surface area (Å²) in [6.45, 7) is 1.68. The number of hydrogen-bond donors (Lipinski definition) is 2. The first-order valence-corrected chi connectivity index (χ1v) is 11.5. The fraction of sp³-hybridized carbons (Fsp3) is 0.286. The number of thioether (sulfide) groups is 2. The van der Waals surface area contributed by atoms with E-state index in [1.54, 1.807) is 43.3 Å². The van der Waals surface area contributed by atoms with Crippen molar-refractivity contribution >= 4 is 52.1 Å². The van der Waals surface area contributed by atoms with E-state index < -0.39 is 17.9 Å². The predicted octanol–water partition coefficient (Wildman–Crippen LogP) is 4.35. The molecule has 0 bridgehead atoms. The number of carbonyl (C=O) groups excluding carboxylic acids is 2. The summed E-state index contributed by atoms with van der Waals surface area (Å²) in [6, 6.07) is 15.2.